The summed E-state index contributed by atoms with van der Waals surface area (Å²) < 4.78 is 1.22. The molecule has 1 atom stereocenters. The van der Waals surface area contributed by atoms with Crippen molar-refractivity contribution in [3.8, 4) is 0 Å². The van der Waals surface area contributed by atoms with E-state index in [4.69, 9.17) is 0 Å². The Morgan fingerprint density at radius 1 is 1.25 bits per heavy atom. The fourth-order valence-electron chi connectivity index (χ4n) is 3.26. The first-order valence-electron chi connectivity index (χ1n) is 6.37. The Morgan fingerprint density at radius 3 is 2.88 bits per heavy atom. The molecule has 1 saturated carbocycles. The van der Waals surface area contributed by atoms with E-state index < -0.39 is 0 Å². The molecule has 1 aromatic rings. The highest BCUT2D eigenvalue weighted by atomic mass is 79.9. The zero-order valence-corrected chi connectivity index (χ0v) is 11.1. The second-order valence-corrected chi connectivity index (χ2v) is 6.02. The maximum atomic E-state index is 3.62. The molecule has 1 aliphatic heterocycles. The minimum Gasteiger partial charge on any atom is -0.383 e. The van der Waals surface area contributed by atoms with Crippen molar-refractivity contribution in [3.63, 3.8) is 0 Å². The highest BCUT2D eigenvalue weighted by molar-refractivity contribution is 9.10. The molecule has 2 heteroatoms. The Balaban J connectivity index is 1.78. The minimum atomic E-state index is 0.746. The van der Waals surface area contributed by atoms with Gasteiger partial charge >= 0.3 is 0 Å². The van der Waals surface area contributed by atoms with E-state index in [-0.39, 0.29) is 0 Å². The lowest BCUT2D eigenvalue weighted by Gasteiger charge is -2.15. The monoisotopic (exact) mass is 279 g/mol. The number of anilines is 1. The smallest absolute Gasteiger partial charge is 0.0520 e. The molecule has 1 aromatic carbocycles. The third-order valence-corrected chi connectivity index (χ3v) is 4.76. The van der Waals surface area contributed by atoms with Crippen molar-refractivity contribution in [1.29, 1.82) is 0 Å². The van der Waals surface area contributed by atoms with Crippen LogP contribution in [0.25, 0.3) is 0 Å². The molecule has 2 aliphatic rings. The highest BCUT2D eigenvalue weighted by Gasteiger charge is 2.27. The largest absolute Gasteiger partial charge is 0.383 e. The third kappa shape index (κ3) is 1.88. The number of nitrogens with one attached hydrogen (secondary N) is 1. The van der Waals surface area contributed by atoms with Crippen LogP contribution >= 0.6 is 15.9 Å². The van der Waals surface area contributed by atoms with Gasteiger partial charge in [0, 0.05) is 16.9 Å². The molecule has 0 saturated heterocycles. The fourth-order valence-corrected chi connectivity index (χ4v) is 3.78. The molecule has 1 nitrogen and oxygen atoms in total. The van der Waals surface area contributed by atoms with E-state index in [1.165, 1.54) is 47.8 Å². The number of hydrogen-bond acceptors (Lipinski definition) is 1. The molecule has 0 aromatic heterocycles. The number of halogens is 1. The van der Waals surface area contributed by atoms with Crippen molar-refractivity contribution in [3.05, 3.63) is 28.2 Å². The summed E-state index contributed by atoms with van der Waals surface area (Å²) in [6.07, 6.45) is 7.21. The number of hydrogen-bond donors (Lipinski definition) is 1. The summed E-state index contributed by atoms with van der Waals surface area (Å²) in [5.41, 5.74) is 2.87. The van der Waals surface area contributed by atoms with Gasteiger partial charge in [-0.3, -0.25) is 0 Å². The summed E-state index contributed by atoms with van der Waals surface area (Å²) >= 11 is 3.62. The minimum absolute atomic E-state index is 0.746. The van der Waals surface area contributed by atoms with Crippen LogP contribution in [-0.4, -0.2) is 6.54 Å². The average molecular weight is 280 g/mol. The van der Waals surface area contributed by atoms with Gasteiger partial charge in [-0.2, -0.15) is 0 Å². The van der Waals surface area contributed by atoms with Gasteiger partial charge in [0.15, 0.2) is 0 Å². The lowest BCUT2D eigenvalue weighted by molar-refractivity contribution is 0.460. The van der Waals surface area contributed by atoms with Crippen LogP contribution in [0.1, 0.15) is 43.6 Å². The van der Waals surface area contributed by atoms with Crippen LogP contribution in [0.5, 0.6) is 0 Å². The first-order chi connectivity index (χ1) is 7.84. The zero-order chi connectivity index (χ0) is 11.0. The normalized spacial score (nSPS) is 24.4. The molecular formula is C14H18BrN. The van der Waals surface area contributed by atoms with E-state index in [0.29, 0.717) is 0 Å². The Bertz CT molecular complexity index is 382. The second kappa shape index (κ2) is 4.40. The Labute approximate surface area is 106 Å². The van der Waals surface area contributed by atoms with Crippen LogP contribution in [0.15, 0.2) is 22.7 Å². The van der Waals surface area contributed by atoms with E-state index in [2.05, 4.69) is 39.4 Å². The van der Waals surface area contributed by atoms with Crippen LogP contribution in [0.3, 0.4) is 0 Å². The molecular weight excluding hydrogens is 262 g/mol. The third-order valence-electron chi connectivity index (χ3n) is 4.10. The molecule has 16 heavy (non-hydrogen) atoms. The molecule has 0 amide bonds. The molecule has 86 valence electrons. The summed E-state index contributed by atoms with van der Waals surface area (Å²) in [6.45, 7) is 1.13. The summed E-state index contributed by atoms with van der Waals surface area (Å²) in [7, 11) is 0. The maximum absolute atomic E-state index is 3.62. The maximum Gasteiger partial charge on any atom is 0.0520 e. The van der Waals surface area contributed by atoms with Gasteiger partial charge in [0.2, 0.25) is 0 Å². The van der Waals surface area contributed by atoms with Gasteiger partial charge < -0.3 is 5.32 Å². The predicted molar refractivity (Wildman–Crippen MR) is 71.9 cm³/mol. The quantitative estimate of drug-likeness (QED) is 0.838. The average Bonchev–Trinajstić information content (AvgIpc) is 2.90. The van der Waals surface area contributed by atoms with Gasteiger partial charge in [-0.1, -0.05) is 37.8 Å². The molecule has 1 aliphatic carbocycles. The number of benzene rings is 1. The zero-order valence-electron chi connectivity index (χ0n) is 9.51. The molecule has 0 bridgehead atoms. The Kier molecular flexibility index (Phi) is 2.93. The summed E-state index contributed by atoms with van der Waals surface area (Å²) in [6, 6.07) is 6.58. The first kappa shape index (κ1) is 10.6. The van der Waals surface area contributed by atoms with Gasteiger partial charge in [-0.15, -0.1) is 0 Å². The van der Waals surface area contributed by atoms with Gasteiger partial charge in [-0.25, -0.2) is 0 Å². The molecule has 1 N–H and O–H groups in total. The van der Waals surface area contributed by atoms with E-state index >= 15 is 0 Å². The summed E-state index contributed by atoms with van der Waals surface area (Å²) in [5.74, 6) is 1.73. The molecule has 1 unspecified atom stereocenters. The lowest BCUT2D eigenvalue weighted by atomic mass is 9.89. The van der Waals surface area contributed by atoms with Crippen LogP contribution in [0, 0.1) is 5.92 Å². The van der Waals surface area contributed by atoms with E-state index in [1.807, 2.05) is 0 Å². The molecule has 0 radical (unpaired) electrons. The van der Waals surface area contributed by atoms with Gasteiger partial charge in [0.25, 0.3) is 0 Å². The molecule has 1 fully saturated rings. The Morgan fingerprint density at radius 2 is 2.06 bits per heavy atom. The van der Waals surface area contributed by atoms with Crippen LogP contribution in [0.2, 0.25) is 0 Å². The van der Waals surface area contributed by atoms with Crippen molar-refractivity contribution in [2.75, 3.05) is 11.9 Å². The molecule has 0 spiro atoms. The van der Waals surface area contributed by atoms with Crippen LogP contribution < -0.4 is 5.32 Å². The van der Waals surface area contributed by atoms with E-state index in [9.17, 15) is 0 Å². The number of rotatable bonds is 2. The van der Waals surface area contributed by atoms with Crippen LogP contribution in [-0.2, 0) is 0 Å². The molecule has 3 rings (SSSR count). The van der Waals surface area contributed by atoms with Crippen LogP contribution in [0.4, 0.5) is 5.69 Å². The standard InChI is InChI=1S/C14H18BrN/c15-13-7-3-6-12-11(9-16-14(12)13)8-10-4-1-2-5-10/h3,6-7,10-11,16H,1-2,4-5,8-9H2. The van der Waals surface area contributed by atoms with E-state index in [0.717, 1.165) is 18.4 Å². The van der Waals surface area contributed by atoms with Crippen molar-refractivity contribution < 1.29 is 0 Å². The van der Waals surface area contributed by atoms with E-state index in [1.54, 1.807) is 0 Å². The molecule has 1 heterocycles. The number of para-hydroxylation sites is 1. The van der Waals surface area contributed by atoms with Gasteiger partial charge in [0.1, 0.15) is 0 Å². The lowest BCUT2D eigenvalue weighted by Crippen LogP contribution is -2.07. The predicted octanol–water partition coefficient (Wildman–Crippen LogP) is 4.54. The van der Waals surface area contributed by atoms with Crippen molar-refractivity contribution in [2.24, 2.45) is 5.92 Å². The van der Waals surface area contributed by atoms with Crippen molar-refractivity contribution >= 4 is 21.6 Å². The first-order valence-corrected chi connectivity index (χ1v) is 7.16. The fraction of sp³-hybridized carbons (Fsp3) is 0.571. The summed E-state index contributed by atoms with van der Waals surface area (Å²) in [4.78, 5) is 0. The number of fused-ring (bicyclic) bond motifs is 1. The van der Waals surface area contributed by atoms with Gasteiger partial charge in [0.05, 0.1) is 5.69 Å². The van der Waals surface area contributed by atoms with Gasteiger partial charge in [-0.05, 0) is 39.9 Å². The second-order valence-electron chi connectivity index (χ2n) is 5.17. The van der Waals surface area contributed by atoms with Crippen molar-refractivity contribution in [1.82, 2.24) is 0 Å². The summed E-state index contributed by atoms with van der Waals surface area (Å²) in [5, 5.41) is 3.55. The Hall–Kier alpha value is -0.500. The SMILES string of the molecule is Brc1cccc2c1NCC2CC1CCCC1. The topological polar surface area (TPSA) is 12.0 Å². The highest BCUT2D eigenvalue weighted by Crippen LogP contribution is 2.42. The van der Waals surface area contributed by atoms with Crippen molar-refractivity contribution in [2.45, 2.75) is 38.0 Å².